The van der Waals surface area contributed by atoms with Crippen molar-refractivity contribution in [3.63, 3.8) is 0 Å². The Labute approximate surface area is 176 Å². The fourth-order valence-electron chi connectivity index (χ4n) is 2.48. The molecule has 3 aromatic rings. The van der Waals surface area contributed by atoms with Gasteiger partial charge in [0.05, 0.1) is 15.6 Å². The Hall–Kier alpha value is -3.16. The lowest BCUT2D eigenvalue weighted by Gasteiger charge is -2.11. The van der Waals surface area contributed by atoms with Crippen LogP contribution in [-0.4, -0.2) is 17.7 Å². The van der Waals surface area contributed by atoms with Gasteiger partial charge in [0.25, 0.3) is 11.8 Å². The summed E-state index contributed by atoms with van der Waals surface area (Å²) in [4.78, 5) is 37.0. The number of benzene rings is 2. The lowest BCUT2D eigenvalue weighted by atomic mass is 10.1. The Morgan fingerprint density at radius 1 is 0.897 bits per heavy atom. The first kappa shape index (κ1) is 20.6. The number of anilines is 3. The van der Waals surface area contributed by atoms with E-state index in [9.17, 15) is 14.4 Å². The summed E-state index contributed by atoms with van der Waals surface area (Å²) in [6.07, 6.45) is 0.342. The summed E-state index contributed by atoms with van der Waals surface area (Å²) in [6.45, 7) is 1.75. The van der Waals surface area contributed by atoms with E-state index in [-0.39, 0.29) is 11.8 Å². The van der Waals surface area contributed by atoms with Crippen LogP contribution in [0.15, 0.2) is 60.0 Å². The van der Waals surface area contributed by atoms with E-state index >= 15 is 0 Å². The van der Waals surface area contributed by atoms with Gasteiger partial charge in [-0.3, -0.25) is 14.4 Å². The third kappa shape index (κ3) is 5.43. The van der Waals surface area contributed by atoms with Crippen molar-refractivity contribution in [2.75, 3.05) is 16.0 Å². The molecule has 0 spiro atoms. The van der Waals surface area contributed by atoms with Crippen LogP contribution in [0.1, 0.15) is 33.4 Å². The van der Waals surface area contributed by atoms with E-state index in [1.54, 1.807) is 61.5 Å². The molecule has 0 aliphatic carbocycles. The zero-order valence-electron chi connectivity index (χ0n) is 15.5. The van der Waals surface area contributed by atoms with E-state index in [1.807, 2.05) is 5.38 Å². The second-order valence-corrected chi connectivity index (χ2v) is 7.42. The molecule has 0 fully saturated rings. The van der Waals surface area contributed by atoms with E-state index in [1.165, 1.54) is 11.3 Å². The molecule has 0 bridgehead atoms. The van der Waals surface area contributed by atoms with Crippen molar-refractivity contribution in [1.29, 1.82) is 0 Å². The average molecular weight is 428 g/mol. The Balaban J connectivity index is 1.73. The fourth-order valence-corrected chi connectivity index (χ4v) is 3.27. The molecule has 0 radical (unpaired) electrons. The van der Waals surface area contributed by atoms with Gasteiger partial charge in [0.2, 0.25) is 5.91 Å². The fraction of sp³-hybridized carbons (Fsp3) is 0.0952. The van der Waals surface area contributed by atoms with Crippen LogP contribution in [-0.2, 0) is 4.79 Å². The van der Waals surface area contributed by atoms with E-state index in [4.69, 9.17) is 11.6 Å². The van der Waals surface area contributed by atoms with Crippen LogP contribution >= 0.6 is 22.9 Å². The molecule has 0 aliphatic rings. The van der Waals surface area contributed by atoms with Gasteiger partial charge in [-0.1, -0.05) is 30.7 Å². The molecule has 0 unspecified atom stereocenters. The summed E-state index contributed by atoms with van der Waals surface area (Å²) >= 11 is 7.51. The van der Waals surface area contributed by atoms with Crippen LogP contribution in [0.2, 0.25) is 5.02 Å². The SMILES string of the molecule is CCC(=O)Nc1ccc(Cl)c(NC(=O)c2cccc(NC(=O)c3cccs3)c2)c1. The van der Waals surface area contributed by atoms with Gasteiger partial charge in [-0.05, 0) is 47.8 Å². The highest BCUT2D eigenvalue weighted by Gasteiger charge is 2.12. The van der Waals surface area contributed by atoms with E-state index in [0.717, 1.165) is 0 Å². The molecule has 0 saturated heterocycles. The number of amides is 3. The number of nitrogens with one attached hydrogen (secondary N) is 3. The van der Waals surface area contributed by atoms with Crippen molar-refractivity contribution in [3.05, 3.63) is 75.4 Å². The van der Waals surface area contributed by atoms with E-state index < -0.39 is 5.91 Å². The molecular weight excluding hydrogens is 410 g/mol. The summed E-state index contributed by atoms with van der Waals surface area (Å²) in [5.41, 5.74) is 1.77. The van der Waals surface area contributed by atoms with Gasteiger partial charge in [0, 0.05) is 23.4 Å². The number of rotatable bonds is 6. The van der Waals surface area contributed by atoms with Crippen LogP contribution in [0, 0.1) is 0 Å². The molecule has 6 nitrogen and oxygen atoms in total. The third-order valence-electron chi connectivity index (χ3n) is 3.95. The number of halogens is 1. The standard InChI is InChI=1S/C21H18ClN3O3S/c1-2-19(26)23-15-8-9-16(22)17(12-15)25-20(27)13-5-3-6-14(11-13)24-21(28)18-7-4-10-29-18/h3-12H,2H2,1H3,(H,23,26)(H,24,28)(H,25,27). The number of thiophene rings is 1. The number of hydrogen-bond donors (Lipinski definition) is 3. The first-order chi connectivity index (χ1) is 14.0. The largest absolute Gasteiger partial charge is 0.326 e. The highest BCUT2D eigenvalue weighted by atomic mass is 35.5. The first-order valence-electron chi connectivity index (χ1n) is 8.82. The van der Waals surface area contributed by atoms with Crippen molar-refractivity contribution in [3.8, 4) is 0 Å². The minimum atomic E-state index is -0.391. The monoisotopic (exact) mass is 427 g/mol. The summed E-state index contributed by atoms with van der Waals surface area (Å²) in [6, 6.07) is 15.0. The molecule has 1 heterocycles. The molecule has 3 N–H and O–H groups in total. The highest BCUT2D eigenvalue weighted by Crippen LogP contribution is 2.26. The molecule has 0 atom stereocenters. The van der Waals surface area contributed by atoms with E-state index in [2.05, 4.69) is 16.0 Å². The Morgan fingerprint density at radius 3 is 2.41 bits per heavy atom. The van der Waals surface area contributed by atoms with Crippen molar-refractivity contribution >= 4 is 57.7 Å². The number of hydrogen-bond acceptors (Lipinski definition) is 4. The minimum Gasteiger partial charge on any atom is -0.326 e. The van der Waals surface area contributed by atoms with Gasteiger partial charge in [0.1, 0.15) is 0 Å². The molecule has 3 rings (SSSR count). The average Bonchev–Trinajstić information content (AvgIpc) is 3.25. The van der Waals surface area contributed by atoms with Crippen LogP contribution in [0.3, 0.4) is 0 Å². The van der Waals surface area contributed by atoms with Crippen molar-refractivity contribution in [2.45, 2.75) is 13.3 Å². The molecule has 0 saturated carbocycles. The zero-order chi connectivity index (χ0) is 20.8. The minimum absolute atomic E-state index is 0.140. The lowest BCUT2D eigenvalue weighted by molar-refractivity contribution is -0.115. The highest BCUT2D eigenvalue weighted by molar-refractivity contribution is 7.12. The molecule has 3 amide bonds. The van der Waals surface area contributed by atoms with Gasteiger partial charge in [-0.15, -0.1) is 11.3 Å². The second-order valence-electron chi connectivity index (χ2n) is 6.06. The zero-order valence-corrected chi connectivity index (χ0v) is 17.1. The van der Waals surface area contributed by atoms with Crippen molar-refractivity contribution in [1.82, 2.24) is 0 Å². The summed E-state index contributed by atoms with van der Waals surface area (Å²) in [7, 11) is 0. The van der Waals surface area contributed by atoms with Crippen LogP contribution in [0.25, 0.3) is 0 Å². The summed E-state index contributed by atoms with van der Waals surface area (Å²) < 4.78 is 0. The molecule has 1 aromatic heterocycles. The Kier molecular flexibility index (Phi) is 6.64. The lowest BCUT2D eigenvalue weighted by Crippen LogP contribution is -2.15. The maximum absolute atomic E-state index is 12.7. The van der Waals surface area contributed by atoms with Gasteiger partial charge >= 0.3 is 0 Å². The van der Waals surface area contributed by atoms with Crippen LogP contribution in [0.5, 0.6) is 0 Å². The molecule has 8 heteroatoms. The van der Waals surface area contributed by atoms with Gasteiger partial charge in [-0.25, -0.2) is 0 Å². The van der Waals surface area contributed by atoms with Crippen molar-refractivity contribution < 1.29 is 14.4 Å². The topological polar surface area (TPSA) is 87.3 Å². The molecule has 29 heavy (non-hydrogen) atoms. The van der Waals surface area contributed by atoms with Gasteiger partial charge in [-0.2, -0.15) is 0 Å². The van der Waals surface area contributed by atoms with Crippen LogP contribution < -0.4 is 16.0 Å². The second kappa shape index (κ2) is 9.36. The smallest absolute Gasteiger partial charge is 0.265 e. The maximum atomic E-state index is 12.7. The molecular formula is C21H18ClN3O3S. The first-order valence-corrected chi connectivity index (χ1v) is 10.1. The molecule has 2 aromatic carbocycles. The number of carbonyl (C=O) groups excluding carboxylic acids is 3. The predicted octanol–water partition coefficient (Wildman–Crippen LogP) is 5.25. The van der Waals surface area contributed by atoms with Crippen molar-refractivity contribution in [2.24, 2.45) is 0 Å². The van der Waals surface area contributed by atoms with Crippen LogP contribution in [0.4, 0.5) is 17.1 Å². The summed E-state index contributed by atoms with van der Waals surface area (Å²) in [5.74, 6) is -0.767. The third-order valence-corrected chi connectivity index (χ3v) is 5.15. The molecule has 0 aliphatic heterocycles. The van der Waals surface area contributed by atoms with Gasteiger partial charge < -0.3 is 16.0 Å². The predicted molar refractivity (Wildman–Crippen MR) is 117 cm³/mol. The maximum Gasteiger partial charge on any atom is 0.265 e. The van der Waals surface area contributed by atoms with Gasteiger partial charge in [0.15, 0.2) is 0 Å². The normalized spacial score (nSPS) is 10.3. The number of carbonyl (C=O) groups is 3. The Morgan fingerprint density at radius 2 is 1.69 bits per heavy atom. The quantitative estimate of drug-likeness (QED) is 0.501. The van der Waals surface area contributed by atoms with E-state index in [0.29, 0.717) is 38.9 Å². The molecule has 148 valence electrons. The Bertz CT molecular complexity index is 1050. The summed E-state index contributed by atoms with van der Waals surface area (Å²) in [5, 5.41) is 10.4.